The number of hydrogen-bond acceptors (Lipinski definition) is 1. The summed E-state index contributed by atoms with van der Waals surface area (Å²) in [6, 6.07) is 0. The van der Waals surface area contributed by atoms with Crippen LogP contribution in [0, 0.1) is 0 Å². The molecule has 0 radical (unpaired) electrons. The predicted molar refractivity (Wildman–Crippen MR) is 9.47 cm³/mol. The molecule has 0 fully saturated rings. The second-order valence-electron chi connectivity index (χ2n) is 0. The maximum absolute atomic E-state index is 7.72. The summed E-state index contributed by atoms with van der Waals surface area (Å²) >= 11 is 3.39. The quantitative estimate of drug-likeness (QED) is 0.279. The van der Waals surface area contributed by atoms with Gasteiger partial charge in [0.1, 0.15) is 0 Å². The molecule has 0 atom stereocenters. The summed E-state index contributed by atoms with van der Waals surface area (Å²) in [6.45, 7) is 0. The van der Waals surface area contributed by atoms with Crippen LogP contribution in [0.4, 0.5) is 0 Å². The summed E-state index contributed by atoms with van der Waals surface area (Å²) in [6.07, 6.45) is 0. The Labute approximate surface area is 51.5 Å². The molecule has 4 heteroatoms. The monoisotopic (exact) mass is 92.0 g/mol. The Morgan fingerprint density at radius 2 is 1.25 bits per heavy atom. The number of hydrogen-bond donors (Lipinski definition) is 0. The molecule has 0 saturated heterocycles. The van der Waals surface area contributed by atoms with Gasteiger partial charge in [0.25, 0.3) is 0 Å². The van der Waals surface area contributed by atoms with Gasteiger partial charge in [0.15, 0.2) is 0 Å². The SMILES string of the molecule is O.[Na+].[O-]Cl. The molecule has 4 heavy (non-hydrogen) atoms. The van der Waals surface area contributed by atoms with Crippen molar-refractivity contribution in [3.05, 3.63) is 0 Å². The smallest absolute Gasteiger partial charge is 0.769 e. The topological polar surface area (TPSA) is 54.6 Å². The summed E-state index contributed by atoms with van der Waals surface area (Å²) in [5.41, 5.74) is 0. The Balaban J connectivity index is -0.00000000500. The molecule has 0 unspecified atom stereocenters. The van der Waals surface area contributed by atoms with Crippen LogP contribution in [-0.4, -0.2) is 5.48 Å². The van der Waals surface area contributed by atoms with Gasteiger partial charge in [-0.05, 0) is 0 Å². The van der Waals surface area contributed by atoms with Crippen LogP contribution in [-0.2, 0) is 0 Å². The first-order valence-corrected chi connectivity index (χ1v) is 0.463. The zero-order valence-electron chi connectivity index (χ0n) is 2.29. The molecule has 0 aliphatic heterocycles. The van der Waals surface area contributed by atoms with Gasteiger partial charge in [-0.15, -0.1) is 0 Å². The van der Waals surface area contributed by atoms with Crippen molar-refractivity contribution in [3.8, 4) is 0 Å². The van der Waals surface area contributed by atoms with Crippen molar-refractivity contribution in [1.29, 1.82) is 0 Å². The molecule has 0 aromatic carbocycles. The van der Waals surface area contributed by atoms with Gasteiger partial charge in [-0.1, -0.05) is 0 Å². The third-order valence-electron chi connectivity index (χ3n) is 0. The van der Waals surface area contributed by atoms with E-state index >= 15 is 0 Å². The fourth-order valence-corrected chi connectivity index (χ4v) is 0. The minimum atomic E-state index is 0. The van der Waals surface area contributed by atoms with Crippen molar-refractivity contribution in [2.75, 3.05) is 0 Å². The van der Waals surface area contributed by atoms with E-state index in [0.717, 1.165) is 0 Å². The Hall–Kier alpha value is 1.21. The third kappa shape index (κ3) is 10.7. The van der Waals surface area contributed by atoms with Crippen LogP contribution in [0.15, 0.2) is 0 Å². The van der Waals surface area contributed by atoms with E-state index in [4.69, 9.17) is 4.66 Å². The van der Waals surface area contributed by atoms with E-state index in [1.165, 1.54) is 0 Å². The standard InChI is InChI=1S/ClO.Na.H2O/c1-2;;/h;;1H2/q-1;+1;. The first kappa shape index (κ1) is 18.9. The van der Waals surface area contributed by atoms with Crippen molar-refractivity contribution >= 4 is 11.9 Å². The van der Waals surface area contributed by atoms with Crippen molar-refractivity contribution in [1.82, 2.24) is 0 Å². The van der Waals surface area contributed by atoms with E-state index in [9.17, 15) is 0 Å². The maximum atomic E-state index is 7.72. The van der Waals surface area contributed by atoms with E-state index in [1.54, 1.807) is 0 Å². The molecule has 0 aromatic heterocycles. The Kier molecular flexibility index (Phi) is 140. The minimum Gasteiger partial charge on any atom is -0.769 e. The first-order chi connectivity index (χ1) is 1.00. The number of halogens is 1. The third-order valence-corrected chi connectivity index (χ3v) is 0. The molecule has 0 aliphatic rings. The van der Waals surface area contributed by atoms with Crippen molar-refractivity contribution in [2.24, 2.45) is 0 Å². The van der Waals surface area contributed by atoms with Crippen LogP contribution in [0.3, 0.4) is 0 Å². The van der Waals surface area contributed by atoms with Gasteiger partial charge in [-0.25, -0.2) is 11.9 Å². The second kappa shape index (κ2) is 29.6. The fraction of sp³-hybridized carbons (Fsp3) is 0. The molecule has 0 heterocycles. The minimum absolute atomic E-state index is 0. The molecule has 0 aromatic rings. The van der Waals surface area contributed by atoms with E-state index in [0.29, 0.717) is 0 Å². The predicted octanol–water partition coefficient (Wildman–Crippen LogP) is -4.32. The van der Waals surface area contributed by atoms with Gasteiger partial charge in [0.2, 0.25) is 0 Å². The average molecular weight is 92.5 g/mol. The van der Waals surface area contributed by atoms with Crippen LogP contribution in [0.2, 0.25) is 0 Å². The first-order valence-electron chi connectivity index (χ1n) is 0.154. The van der Waals surface area contributed by atoms with Gasteiger partial charge in [-0.3, -0.25) is 0 Å². The zero-order valence-corrected chi connectivity index (χ0v) is 5.04. The molecule has 22 valence electrons. The van der Waals surface area contributed by atoms with Crippen LogP contribution in [0.1, 0.15) is 0 Å². The largest absolute Gasteiger partial charge is 1.00 e. The van der Waals surface area contributed by atoms with Crippen molar-refractivity contribution in [2.45, 2.75) is 0 Å². The molecular weight excluding hydrogens is 90.4 g/mol. The van der Waals surface area contributed by atoms with Gasteiger partial charge in [-0.2, -0.15) is 0 Å². The van der Waals surface area contributed by atoms with E-state index in [1.807, 2.05) is 0 Å². The van der Waals surface area contributed by atoms with E-state index in [2.05, 4.69) is 11.9 Å². The van der Waals surface area contributed by atoms with Crippen LogP contribution < -0.4 is 34.2 Å². The van der Waals surface area contributed by atoms with E-state index < -0.39 is 0 Å². The van der Waals surface area contributed by atoms with Gasteiger partial charge >= 0.3 is 29.6 Å². The van der Waals surface area contributed by atoms with Crippen LogP contribution in [0.5, 0.6) is 0 Å². The summed E-state index contributed by atoms with van der Waals surface area (Å²) in [5.74, 6) is 0. The summed E-state index contributed by atoms with van der Waals surface area (Å²) in [7, 11) is 0. The molecule has 0 amide bonds. The second-order valence-corrected chi connectivity index (χ2v) is 0. The average Bonchev–Trinajstić information content (AvgIpc) is 1.00. The summed E-state index contributed by atoms with van der Waals surface area (Å²) in [4.78, 5) is 0. The summed E-state index contributed by atoms with van der Waals surface area (Å²) in [5, 5.41) is 0. The normalized spacial score (nSPS) is 1.50. The Morgan fingerprint density at radius 3 is 1.25 bits per heavy atom. The van der Waals surface area contributed by atoms with Crippen LogP contribution in [0.25, 0.3) is 0 Å². The summed E-state index contributed by atoms with van der Waals surface area (Å²) < 4.78 is 7.72. The van der Waals surface area contributed by atoms with E-state index in [-0.39, 0.29) is 35.0 Å². The van der Waals surface area contributed by atoms with Gasteiger partial charge in [0.05, 0.1) is 0 Å². The molecular formula is H2ClNaO2. The molecule has 2 nitrogen and oxygen atoms in total. The Morgan fingerprint density at radius 1 is 1.25 bits per heavy atom. The molecule has 0 saturated carbocycles. The van der Waals surface area contributed by atoms with Crippen molar-refractivity contribution < 1.29 is 39.7 Å². The van der Waals surface area contributed by atoms with Gasteiger partial charge < -0.3 is 10.1 Å². The Bertz CT molecular complexity index is 6.00. The van der Waals surface area contributed by atoms with Crippen LogP contribution >= 0.6 is 11.9 Å². The molecule has 2 N–H and O–H groups in total. The van der Waals surface area contributed by atoms with Gasteiger partial charge in [0, 0.05) is 0 Å². The zero-order chi connectivity index (χ0) is 2.00. The molecule has 0 aliphatic carbocycles. The fourth-order valence-electron chi connectivity index (χ4n) is 0. The maximum Gasteiger partial charge on any atom is 1.00 e. The molecule has 0 spiro atoms. The molecule has 0 bridgehead atoms. The molecule has 0 rings (SSSR count). The van der Waals surface area contributed by atoms with Crippen molar-refractivity contribution in [3.63, 3.8) is 0 Å². The number of rotatable bonds is 0.